The number of allylic oxidation sites excluding steroid dienone is 1. The molecule has 3 aliphatic rings. The number of hydrogen-bond acceptors (Lipinski definition) is 0. The Kier molecular flexibility index (Phi) is 5.01. The molecule has 0 aromatic heterocycles. The fourth-order valence-corrected chi connectivity index (χ4v) is 7.89. The lowest BCUT2D eigenvalue weighted by atomic mass is 9.74. The summed E-state index contributed by atoms with van der Waals surface area (Å²) in [5.74, 6) is 1.23. The molecule has 41 heavy (non-hydrogen) atoms. The van der Waals surface area contributed by atoms with E-state index < -0.39 is 0 Å². The molecule has 9 rings (SSSR count). The van der Waals surface area contributed by atoms with Crippen molar-refractivity contribution in [2.24, 2.45) is 0 Å². The number of fused-ring (bicyclic) bond motifs is 8. The van der Waals surface area contributed by atoms with Gasteiger partial charge in [0.05, 0.1) is 0 Å². The highest BCUT2D eigenvalue weighted by Crippen LogP contribution is 2.65. The van der Waals surface area contributed by atoms with E-state index in [-0.39, 0.29) is 0 Å². The van der Waals surface area contributed by atoms with Crippen LogP contribution in [0, 0.1) is 0 Å². The molecule has 0 heterocycles. The maximum absolute atomic E-state index is 2.44. The van der Waals surface area contributed by atoms with Crippen LogP contribution in [0.25, 0.3) is 61.4 Å². The quantitative estimate of drug-likeness (QED) is 0.217. The first-order chi connectivity index (χ1) is 20.4. The van der Waals surface area contributed by atoms with Crippen LogP contribution in [0.4, 0.5) is 0 Å². The Morgan fingerprint density at radius 1 is 0.488 bits per heavy atom. The van der Waals surface area contributed by atoms with Crippen molar-refractivity contribution in [3.8, 4) is 44.5 Å². The molecule has 0 spiro atoms. The minimum Gasteiger partial charge on any atom is -0.0836 e. The molecule has 1 saturated carbocycles. The van der Waals surface area contributed by atoms with Crippen LogP contribution >= 0.6 is 0 Å². The molecule has 0 heteroatoms. The molecule has 194 valence electrons. The van der Waals surface area contributed by atoms with Crippen LogP contribution in [0.2, 0.25) is 0 Å². The van der Waals surface area contributed by atoms with Crippen molar-refractivity contribution in [2.75, 3.05) is 0 Å². The monoisotopic (exact) mass is 522 g/mol. The van der Waals surface area contributed by atoms with Crippen molar-refractivity contribution in [3.05, 3.63) is 150 Å². The highest BCUT2D eigenvalue weighted by Gasteiger charge is 2.47. The number of hydrogen-bond donors (Lipinski definition) is 0. The van der Waals surface area contributed by atoms with E-state index in [4.69, 9.17) is 0 Å². The van der Waals surface area contributed by atoms with Crippen LogP contribution in [0.15, 0.2) is 127 Å². The smallest absolute Gasteiger partial charge is 0.00234 e. The van der Waals surface area contributed by atoms with Crippen LogP contribution in [0.1, 0.15) is 46.9 Å². The summed E-state index contributed by atoms with van der Waals surface area (Å²) in [6, 6.07) is 45.3. The number of benzene rings is 6. The lowest BCUT2D eigenvalue weighted by Gasteiger charge is -2.29. The van der Waals surface area contributed by atoms with Gasteiger partial charge in [-0.1, -0.05) is 133 Å². The Morgan fingerprint density at radius 2 is 1.15 bits per heavy atom. The second-order valence-electron chi connectivity index (χ2n) is 11.8. The van der Waals surface area contributed by atoms with E-state index in [2.05, 4.69) is 133 Å². The summed E-state index contributed by atoms with van der Waals surface area (Å²) in [6.45, 7) is 0. The molecule has 2 unspecified atom stereocenters. The summed E-state index contributed by atoms with van der Waals surface area (Å²) >= 11 is 0. The molecule has 6 aromatic carbocycles. The SMILES string of the molecule is C1=Cc2c(c(-c3ccccc3)c3ccccc3c2-c2ccc(-c3ccccc3)c3c2-c2ccccc2C2CC32)CC1. The topological polar surface area (TPSA) is 0 Å². The summed E-state index contributed by atoms with van der Waals surface area (Å²) < 4.78 is 0. The molecule has 6 aromatic rings. The Morgan fingerprint density at radius 3 is 1.95 bits per heavy atom. The second-order valence-corrected chi connectivity index (χ2v) is 11.8. The second kappa shape index (κ2) is 8.91. The lowest BCUT2D eigenvalue weighted by Crippen LogP contribution is -2.06. The fraction of sp³-hybridized carbons (Fsp3) is 0.122. The first kappa shape index (κ1) is 23.1. The Balaban J connectivity index is 1.43. The van der Waals surface area contributed by atoms with Gasteiger partial charge >= 0.3 is 0 Å². The Labute approximate surface area is 241 Å². The molecule has 0 nitrogen and oxygen atoms in total. The maximum Gasteiger partial charge on any atom is -0.00234 e. The molecular weight excluding hydrogens is 492 g/mol. The van der Waals surface area contributed by atoms with E-state index in [0.717, 1.165) is 12.8 Å². The first-order valence-corrected chi connectivity index (χ1v) is 15.0. The van der Waals surface area contributed by atoms with Gasteiger partial charge in [-0.15, -0.1) is 0 Å². The molecule has 0 amide bonds. The van der Waals surface area contributed by atoms with Crippen LogP contribution in [0.5, 0.6) is 0 Å². The van der Waals surface area contributed by atoms with E-state index in [9.17, 15) is 0 Å². The largest absolute Gasteiger partial charge is 0.0836 e. The van der Waals surface area contributed by atoms with Crippen molar-refractivity contribution < 1.29 is 0 Å². The highest BCUT2D eigenvalue weighted by molar-refractivity contribution is 6.12. The van der Waals surface area contributed by atoms with Crippen LogP contribution in [0.3, 0.4) is 0 Å². The van der Waals surface area contributed by atoms with Gasteiger partial charge in [-0.05, 0) is 109 Å². The molecular formula is C41H30. The van der Waals surface area contributed by atoms with Crippen LogP contribution in [-0.4, -0.2) is 0 Å². The van der Waals surface area contributed by atoms with Gasteiger partial charge in [0, 0.05) is 0 Å². The van der Waals surface area contributed by atoms with E-state index >= 15 is 0 Å². The highest BCUT2D eigenvalue weighted by atomic mass is 14.5. The van der Waals surface area contributed by atoms with Crippen molar-refractivity contribution in [1.29, 1.82) is 0 Å². The third kappa shape index (κ3) is 3.40. The van der Waals surface area contributed by atoms with Gasteiger partial charge in [-0.25, -0.2) is 0 Å². The van der Waals surface area contributed by atoms with E-state index in [1.54, 1.807) is 5.56 Å². The van der Waals surface area contributed by atoms with Crippen LogP contribution < -0.4 is 0 Å². The molecule has 0 radical (unpaired) electrons. The predicted molar refractivity (Wildman–Crippen MR) is 173 cm³/mol. The minimum atomic E-state index is 0.594. The third-order valence-electron chi connectivity index (χ3n) is 9.66. The molecule has 0 aliphatic heterocycles. The van der Waals surface area contributed by atoms with Gasteiger partial charge in [0.2, 0.25) is 0 Å². The van der Waals surface area contributed by atoms with Crippen molar-refractivity contribution >= 4 is 16.8 Å². The van der Waals surface area contributed by atoms with Gasteiger partial charge in [-0.3, -0.25) is 0 Å². The zero-order chi connectivity index (χ0) is 26.9. The van der Waals surface area contributed by atoms with E-state index in [1.165, 1.54) is 78.4 Å². The summed E-state index contributed by atoms with van der Waals surface area (Å²) in [7, 11) is 0. The van der Waals surface area contributed by atoms with Gasteiger partial charge in [0.25, 0.3) is 0 Å². The van der Waals surface area contributed by atoms with Crippen molar-refractivity contribution in [2.45, 2.75) is 31.1 Å². The molecule has 0 bridgehead atoms. The minimum absolute atomic E-state index is 0.594. The standard InChI is InChI=1S/C41H30/c1-3-13-26(14-4-1)28-23-24-35(41-30-18-8-7-17-29(30)36-25-37(36)40(28)41)39-33-21-11-9-19-31(33)38(27-15-5-2-6-16-27)32-20-10-12-22-34(32)39/h1-9,11-19,21-24,36-37H,10,20,25H2. The number of rotatable bonds is 3. The molecule has 0 N–H and O–H groups in total. The van der Waals surface area contributed by atoms with Gasteiger partial charge in [-0.2, -0.15) is 0 Å². The van der Waals surface area contributed by atoms with Gasteiger partial charge < -0.3 is 0 Å². The first-order valence-electron chi connectivity index (χ1n) is 15.0. The van der Waals surface area contributed by atoms with E-state index in [1.807, 2.05) is 0 Å². The predicted octanol–water partition coefficient (Wildman–Crippen LogP) is 11.1. The van der Waals surface area contributed by atoms with E-state index in [0.29, 0.717) is 11.8 Å². The average Bonchev–Trinajstić information content (AvgIpc) is 3.86. The fourth-order valence-electron chi connectivity index (χ4n) is 7.89. The molecule has 3 aliphatic carbocycles. The summed E-state index contributed by atoms with van der Waals surface area (Å²) in [4.78, 5) is 0. The maximum atomic E-state index is 2.44. The Hall–Kier alpha value is -4.68. The normalized spacial score (nSPS) is 17.9. The molecule has 2 atom stereocenters. The van der Waals surface area contributed by atoms with Gasteiger partial charge in [0.15, 0.2) is 0 Å². The zero-order valence-electron chi connectivity index (χ0n) is 23.0. The summed E-state index contributed by atoms with van der Waals surface area (Å²) in [5, 5.41) is 2.71. The van der Waals surface area contributed by atoms with Crippen molar-refractivity contribution in [3.63, 3.8) is 0 Å². The third-order valence-corrected chi connectivity index (χ3v) is 9.66. The zero-order valence-corrected chi connectivity index (χ0v) is 23.0. The Bertz CT molecular complexity index is 2010. The molecule has 0 saturated heterocycles. The molecule has 1 fully saturated rings. The van der Waals surface area contributed by atoms with Crippen molar-refractivity contribution in [1.82, 2.24) is 0 Å². The van der Waals surface area contributed by atoms with Gasteiger partial charge in [0.1, 0.15) is 0 Å². The lowest BCUT2D eigenvalue weighted by molar-refractivity contribution is 0.990. The van der Waals surface area contributed by atoms with Crippen LogP contribution in [-0.2, 0) is 6.42 Å². The summed E-state index contributed by atoms with van der Waals surface area (Å²) in [5.41, 5.74) is 17.1. The summed E-state index contributed by atoms with van der Waals surface area (Å²) in [6.07, 6.45) is 8.20. The average molecular weight is 523 g/mol.